The Labute approximate surface area is 169 Å². The number of hydrogen-bond donors (Lipinski definition) is 2. The van der Waals surface area contributed by atoms with Crippen LogP contribution in [0.5, 0.6) is 0 Å². The number of nitrogens with one attached hydrogen (secondary N) is 2. The highest BCUT2D eigenvalue weighted by Crippen LogP contribution is 2.12. The molecule has 2 N–H and O–H groups in total. The Kier molecular flexibility index (Phi) is 6.95. The van der Waals surface area contributed by atoms with Gasteiger partial charge in [-0.25, -0.2) is 9.38 Å². The van der Waals surface area contributed by atoms with E-state index in [4.69, 9.17) is 5.26 Å². The number of benzene rings is 2. The fraction of sp³-hybridized carbons (Fsp3) is 0.227. The van der Waals surface area contributed by atoms with Crippen molar-refractivity contribution in [3.05, 3.63) is 89.0 Å². The van der Waals surface area contributed by atoms with E-state index in [9.17, 15) is 4.39 Å². The highest BCUT2D eigenvalue weighted by atomic mass is 19.1. The second-order valence-corrected chi connectivity index (χ2v) is 6.44. The third kappa shape index (κ3) is 5.66. The van der Waals surface area contributed by atoms with Gasteiger partial charge in [0.25, 0.3) is 0 Å². The normalized spacial score (nSPS) is 11.1. The molecule has 6 nitrogen and oxygen atoms in total. The molecule has 0 saturated heterocycles. The van der Waals surface area contributed by atoms with Gasteiger partial charge >= 0.3 is 0 Å². The van der Waals surface area contributed by atoms with E-state index in [1.54, 1.807) is 18.3 Å². The first-order valence-electron chi connectivity index (χ1n) is 9.44. The largest absolute Gasteiger partial charge is 0.357 e. The molecule has 0 radical (unpaired) electrons. The van der Waals surface area contributed by atoms with Gasteiger partial charge < -0.3 is 10.6 Å². The van der Waals surface area contributed by atoms with Crippen molar-refractivity contribution in [1.82, 2.24) is 20.4 Å². The van der Waals surface area contributed by atoms with E-state index in [1.807, 2.05) is 48.1 Å². The van der Waals surface area contributed by atoms with Crippen molar-refractivity contribution in [3.8, 4) is 6.07 Å². The predicted octanol–water partition coefficient (Wildman–Crippen LogP) is 3.20. The van der Waals surface area contributed by atoms with Gasteiger partial charge in [-0.2, -0.15) is 10.4 Å². The maximum Gasteiger partial charge on any atom is 0.191 e. The molecule has 3 aromatic rings. The molecular weight excluding hydrogens is 367 g/mol. The molecule has 1 aromatic heterocycles. The van der Waals surface area contributed by atoms with Gasteiger partial charge in [0.05, 0.1) is 24.7 Å². The standard InChI is InChI=1S/C22H23FN6/c1-2-25-22(27-15-19-9-8-17(13-24)12-21(19)23)26-14-18-6-3-4-7-20(18)16-29-11-5-10-28-29/h3-12H,2,14-16H2,1H3,(H2,25,26,27). The van der Waals surface area contributed by atoms with Crippen LogP contribution in [0.1, 0.15) is 29.2 Å². The summed E-state index contributed by atoms with van der Waals surface area (Å²) in [4.78, 5) is 4.64. The zero-order valence-corrected chi connectivity index (χ0v) is 16.3. The molecule has 0 atom stereocenters. The van der Waals surface area contributed by atoms with Crippen LogP contribution in [-0.4, -0.2) is 22.3 Å². The lowest BCUT2D eigenvalue weighted by Crippen LogP contribution is -2.37. The average Bonchev–Trinajstić information content (AvgIpc) is 3.25. The molecule has 7 heteroatoms. The van der Waals surface area contributed by atoms with Gasteiger partial charge in [-0.05, 0) is 36.2 Å². The first kappa shape index (κ1) is 20.1. The minimum atomic E-state index is -0.406. The summed E-state index contributed by atoms with van der Waals surface area (Å²) < 4.78 is 16.0. The van der Waals surface area contributed by atoms with Crippen molar-refractivity contribution in [3.63, 3.8) is 0 Å². The Hall–Kier alpha value is -3.66. The molecule has 0 amide bonds. The van der Waals surface area contributed by atoms with Gasteiger partial charge in [-0.1, -0.05) is 30.3 Å². The topological polar surface area (TPSA) is 78.0 Å². The number of aliphatic imine (C=N–C) groups is 1. The van der Waals surface area contributed by atoms with Crippen molar-refractivity contribution < 1.29 is 4.39 Å². The fourth-order valence-electron chi connectivity index (χ4n) is 2.88. The third-order valence-corrected chi connectivity index (χ3v) is 4.39. The van der Waals surface area contributed by atoms with Crippen LogP contribution in [0.3, 0.4) is 0 Å². The highest BCUT2D eigenvalue weighted by molar-refractivity contribution is 5.79. The quantitative estimate of drug-likeness (QED) is 0.480. The van der Waals surface area contributed by atoms with Crippen molar-refractivity contribution in [1.29, 1.82) is 5.26 Å². The summed E-state index contributed by atoms with van der Waals surface area (Å²) in [5.74, 6) is 0.196. The van der Waals surface area contributed by atoms with E-state index in [0.29, 0.717) is 36.7 Å². The van der Waals surface area contributed by atoms with E-state index >= 15 is 0 Å². The van der Waals surface area contributed by atoms with Crippen LogP contribution in [0.2, 0.25) is 0 Å². The van der Waals surface area contributed by atoms with Crippen molar-refractivity contribution in [2.24, 2.45) is 4.99 Å². The number of guanidine groups is 1. The predicted molar refractivity (Wildman–Crippen MR) is 111 cm³/mol. The van der Waals surface area contributed by atoms with Crippen LogP contribution < -0.4 is 10.6 Å². The highest BCUT2D eigenvalue weighted by Gasteiger charge is 2.06. The van der Waals surface area contributed by atoms with Crippen molar-refractivity contribution in [2.45, 2.75) is 26.6 Å². The molecule has 0 aliphatic carbocycles. The van der Waals surface area contributed by atoms with Gasteiger partial charge in [-0.15, -0.1) is 0 Å². The summed E-state index contributed by atoms with van der Waals surface area (Å²) in [6, 6.07) is 16.4. The first-order valence-corrected chi connectivity index (χ1v) is 9.44. The second-order valence-electron chi connectivity index (χ2n) is 6.44. The molecule has 0 bridgehead atoms. The Morgan fingerprint density at radius 3 is 2.66 bits per heavy atom. The third-order valence-electron chi connectivity index (χ3n) is 4.39. The summed E-state index contributed by atoms with van der Waals surface area (Å²) >= 11 is 0. The van der Waals surface area contributed by atoms with Gasteiger partial charge in [0.15, 0.2) is 5.96 Å². The molecule has 0 unspecified atom stereocenters. The van der Waals surface area contributed by atoms with Crippen molar-refractivity contribution in [2.75, 3.05) is 6.54 Å². The van der Waals surface area contributed by atoms with E-state index in [2.05, 4.69) is 26.8 Å². The molecular formula is C22H23FN6. The van der Waals surface area contributed by atoms with E-state index < -0.39 is 5.82 Å². The zero-order valence-electron chi connectivity index (χ0n) is 16.3. The molecule has 29 heavy (non-hydrogen) atoms. The fourth-order valence-corrected chi connectivity index (χ4v) is 2.88. The Balaban J connectivity index is 1.69. The van der Waals surface area contributed by atoms with Crippen LogP contribution in [0.15, 0.2) is 65.9 Å². The maximum absolute atomic E-state index is 14.1. The lowest BCUT2D eigenvalue weighted by molar-refractivity contribution is 0.604. The Morgan fingerprint density at radius 1 is 1.14 bits per heavy atom. The summed E-state index contributed by atoms with van der Waals surface area (Å²) in [7, 11) is 0. The lowest BCUT2D eigenvalue weighted by atomic mass is 10.1. The minimum Gasteiger partial charge on any atom is -0.357 e. The summed E-state index contributed by atoms with van der Waals surface area (Å²) in [6.45, 7) is 4.11. The van der Waals surface area contributed by atoms with E-state index in [0.717, 1.165) is 11.1 Å². The van der Waals surface area contributed by atoms with Crippen molar-refractivity contribution >= 4 is 5.96 Å². The molecule has 2 aromatic carbocycles. The number of rotatable bonds is 7. The molecule has 0 aliphatic heterocycles. The van der Waals surface area contributed by atoms with Crippen LogP contribution in [0, 0.1) is 17.1 Å². The number of nitrogens with zero attached hydrogens (tertiary/aromatic N) is 4. The molecule has 0 fully saturated rings. The molecule has 1 heterocycles. The molecule has 0 saturated carbocycles. The van der Waals surface area contributed by atoms with Gasteiger partial charge in [0.1, 0.15) is 5.82 Å². The number of aromatic nitrogens is 2. The maximum atomic E-state index is 14.1. The lowest BCUT2D eigenvalue weighted by Gasteiger charge is -2.13. The SMILES string of the molecule is CCNC(=NCc1ccccc1Cn1cccn1)NCc1ccc(C#N)cc1F. The first-order chi connectivity index (χ1) is 14.2. The number of hydrogen-bond acceptors (Lipinski definition) is 3. The van der Waals surface area contributed by atoms with E-state index in [-0.39, 0.29) is 6.54 Å². The molecule has 0 aliphatic rings. The zero-order chi connectivity index (χ0) is 20.5. The van der Waals surface area contributed by atoms with Crippen LogP contribution >= 0.6 is 0 Å². The van der Waals surface area contributed by atoms with Crippen LogP contribution in [-0.2, 0) is 19.6 Å². The smallest absolute Gasteiger partial charge is 0.191 e. The van der Waals surface area contributed by atoms with Gasteiger partial charge in [-0.3, -0.25) is 4.68 Å². The Morgan fingerprint density at radius 2 is 1.97 bits per heavy atom. The summed E-state index contributed by atoms with van der Waals surface area (Å²) in [5.41, 5.74) is 3.04. The Bertz CT molecular complexity index is 1000. The minimum absolute atomic E-state index is 0.276. The number of nitriles is 1. The molecule has 3 rings (SSSR count). The summed E-state index contributed by atoms with van der Waals surface area (Å²) in [5, 5.41) is 19.4. The van der Waals surface area contributed by atoms with Gasteiger partial charge in [0, 0.05) is 31.0 Å². The second kappa shape index (κ2) is 10.0. The molecule has 148 valence electrons. The van der Waals surface area contributed by atoms with Crippen LogP contribution in [0.25, 0.3) is 0 Å². The molecule has 0 spiro atoms. The van der Waals surface area contributed by atoms with Crippen LogP contribution in [0.4, 0.5) is 4.39 Å². The number of halogens is 1. The van der Waals surface area contributed by atoms with Gasteiger partial charge in [0.2, 0.25) is 0 Å². The average molecular weight is 390 g/mol. The monoisotopic (exact) mass is 390 g/mol. The van der Waals surface area contributed by atoms with E-state index in [1.165, 1.54) is 6.07 Å². The summed E-state index contributed by atoms with van der Waals surface area (Å²) in [6.07, 6.45) is 3.69.